The molecule has 0 saturated heterocycles. The highest BCUT2D eigenvalue weighted by Gasteiger charge is 2.09. The van der Waals surface area contributed by atoms with Crippen molar-refractivity contribution >= 4 is 46.4 Å². The average Bonchev–Trinajstić information content (AvgIpc) is 2.73. The summed E-state index contributed by atoms with van der Waals surface area (Å²) < 4.78 is 10.5. The van der Waals surface area contributed by atoms with Gasteiger partial charge in [-0.2, -0.15) is 0 Å². The molecule has 0 spiro atoms. The summed E-state index contributed by atoms with van der Waals surface area (Å²) in [7, 11) is 1.52. The van der Waals surface area contributed by atoms with Crippen molar-refractivity contribution in [3.63, 3.8) is 0 Å². The average molecular weight is 445 g/mol. The molecule has 3 aromatic carbocycles. The molecule has 154 valence electrons. The van der Waals surface area contributed by atoms with Crippen LogP contribution in [0.4, 0.5) is 11.4 Å². The van der Waals surface area contributed by atoms with E-state index in [1.807, 2.05) is 0 Å². The second kappa shape index (κ2) is 10.0. The predicted molar refractivity (Wildman–Crippen MR) is 118 cm³/mol. The van der Waals surface area contributed by atoms with Crippen LogP contribution in [-0.2, 0) is 4.79 Å². The van der Waals surface area contributed by atoms with E-state index in [0.29, 0.717) is 38.5 Å². The molecule has 0 unspecified atom stereocenters. The van der Waals surface area contributed by atoms with Gasteiger partial charge in [-0.05, 0) is 60.7 Å². The Balaban J connectivity index is 1.53. The maximum atomic E-state index is 12.4. The number of hydrogen-bond donors (Lipinski definition) is 2. The van der Waals surface area contributed by atoms with Gasteiger partial charge in [0.1, 0.15) is 11.5 Å². The summed E-state index contributed by atoms with van der Waals surface area (Å²) in [6.07, 6.45) is 0. The second-order valence-electron chi connectivity index (χ2n) is 6.18. The molecule has 0 atom stereocenters. The SMILES string of the molecule is COc1ccc(NC(=O)c2ccc(OCC(=O)Nc3cccc(Cl)c3)cc2)cc1Cl. The summed E-state index contributed by atoms with van der Waals surface area (Å²) in [4.78, 5) is 24.4. The molecule has 0 bridgehead atoms. The Labute approximate surface area is 183 Å². The minimum Gasteiger partial charge on any atom is -0.495 e. The van der Waals surface area contributed by atoms with Crippen LogP contribution in [0.2, 0.25) is 10.0 Å². The molecule has 0 heterocycles. The maximum absolute atomic E-state index is 12.4. The third-order valence-electron chi connectivity index (χ3n) is 4.00. The summed E-state index contributed by atoms with van der Waals surface area (Å²) in [5.74, 6) is 0.354. The van der Waals surface area contributed by atoms with Gasteiger partial charge in [0.25, 0.3) is 11.8 Å². The maximum Gasteiger partial charge on any atom is 0.262 e. The lowest BCUT2D eigenvalue weighted by Crippen LogP contribution is -2.20. The fraction of sp³-hybridized carbons (Fsp3) is 0.0909. The van der Waals surface area contributed by atoms with Gasteiger partial charge in [0.05, 0.1) is 12.1 Å². The Morgan fingerprint density at radius 1 is 0.900 bits per heavy atom. The van der Waals surface area contributed by atoms with Gasteiger partial charge in [-0.15, -0.1) is 0 Å². The fourth-order valence-electron chi connectivity index (χ4n) is 2.56. The molecule has 0 aliphatic heterocycles. The lowest BCUT2D eigenvalue weighted by atomic mass is 10.2. The van der Waals surface area contributed by atoms with E-state index >= 15 is 0 Å². The van der Waals surface area contributed by atoms with Crippen LogP contribution in [0.15, 0.2) is 66.7 Å². The second-order valence-corrected chi connectivity index (χ2v) is 7.02. The topological polar surface area (TPSA) is 76.7 Å². The standard InChI is InChI=1S/C22H18Cl2N2O4/c1-29-20-10-7-17(12-19(20)24)26-22(28)14-5-8-18(9-6-14)30-13-21(27)25-16-4-2-3-15(23)11-16/h2-12H,13H2,1H3,(H,25,27)(H,26,28). The van der Waals surface area contributed by atoms with Crippen LogP contribution < -0.4 is 20.1 Å². The number of methoxy groups -OCH3 is 1. The highest BCUT2D eigenvalue weighted by Crippen LogP contribution is 2.27. The molecule has 0 aliphatic rings. The van der Waals surface area contributed by atoms with Crippen molar-refractivity contribution in [1.29, 1.82) is 0 Å². The third kappa shape index (κ3) is 5.89. The lowest BCUT2D eigenvalue weighted by molar-refractivity contribution is -0.118. The Hall–Kier alpha value is -3.22. The number of ether oxygens (including phenoxy) is 2. The molecule has 0 aromatic heterocycles. The summed E-state index contributed by atoms with van der Waals surface area (Å²) in [5, 5.41) is 6.37. The predicted octanol–water partition coefficient (Wildman–Crippen LogP) is 5.27. The molecule has 3 aromatic rings. The molecule has 8 heteroatoms. The molecule has 2 N–H and O–H groups in total. The zero-order valence-corrected chi connectivity index (χ0v) is 17.5. The van der Waals surface area contributed by atoms with Crippen molar-refractivity contribution in [1.82, 2.24) is 0 Å². The van der Waals surface area contributed by atoms with Gasteiger partial charge in [0, 0.05) is 22.0 Å². The smallest absolute Gasteiger partial charge is 0.262 e. The number of hydrogen-bond acceptors (Lipinski definition) is 4. The molecule has 6 nitrogen and oxygen atoms in total. The van der Waals surface area contributed by atoms with Crippen LogP contribution in [0.1, 0.15) is 10.4 Å². The first-order chi connectivity index (χ1) is 14.4. The quantitative estimate of drug-likeness (QED) is 0.520. The van der Waals surface area contributed by atoms with E-state index in [9.17, 15) is 9.59 Å². The van der Waals surface area contributed by atoms with E-state index in [-0.39, 0.29) is 18.4 Å². The summed E-state index contributed by atoms with van der Waals surface area (Å²) in [6.45, 7) is -0.178. The zero-order valence-electron chi connectivity index (χ0n) is 15.9. The Morgan fingerprint density at radius 2 is 1.63 bits per heavy atom. The van der Waals surface area contributed by atoms with Crippen LogP contribution in [0.3, 0.4) is 0 Å². The van der Waals surface area contributed by atoms with Gasteiger partial charge in [0.15, 0.2) is 6.61 Å². The van der Waals surface area contributed by atoms with E-state index in [1.165, 1.54) is 7.11 Å². The van der Waals surface area contributed by atoms with Crippen LogP contribution in [0.25, 0.3) is 0 Å². The fourth-order valence-corrected chi connectivity index (χ4v) is 3.01. The minimum absolute atomic E-state index is 0.178. The molecule has 0 fully saturated rings. The molecule has 0 radical (unpaired) electrons. The Bertz CT molecular complexity index is 1060. The molecule has 0 saturated carbocycles. The Kier molecular flexibility index (Phi) is 7.17. The number of rotatable bonds is 7. The van der Waals surface area contributed by atoms with E-state index in [1.54, 1.807) is 66.7 Å². The highest BCUT2D eigenvalue weighted by atomic mass is 35.5. The number of carbonyl (C=O) groups is 2. The first-order valence-corrected chi connectivity index (χ1v) is 9.63. The third-order valence-corrected chi connectivity index (χ3v) is 4.53. The molecule has 0 aliphatic carbocycles. The van der Waals surface area contributed by atoms with Crippen LogP contribution in [0.5, 0.6) is 11.5 Å². The Morgan fingerprint density at radius 3 is 2.30 bits per heavy atom. The van der Waals surface area contributed by atoms with Crippen molar-refractivity contribution < 1.29 is 19.1 Å². The van der Waals surface area contributed by atoms with E-state index < -0.39 is 0 Å². The zero-order chi connectivity index (χ0) is 21.5. The largest absolute Gasteiger partial charge is 0.495 e. The minimum atomic E-state index is -0.324. The summed E-state index contributed by atoms with van der Waals surface area (Å²) in [5.41, 5.74) is 1.56. The number of carbonyl (C=O) groups excluding carboxylic acids is 2. The van der Waals surface area contributed by atoms with E-state index in [0.717, 1.165) is 0 Å². The van der Waals surface area contributed by atoms with Gasteiger partial charge in [-0.1, -0.05) is 29.3 Å². The van der Waals surface area contributed by atoms with Gasteiger partial charge >= 0.3 is 0 Å². The van der Waals surface area contributed by atoms with Gasteiger partial charge < -0.3 is 20.1 Å². The van der Waals surface area contributed by atoms with Gasteiger partial charge in [0.2, 0.25) is 0 Å². The van der Waals surface area contributed by atoms with Crippen molar-refractivity contribution in [2.24, 2.45) is 0 Å². The number of halogens is 2. The normalized spacial score (nSPS) is 10.2. The highest BCUT2D eigenvalue weighted by molar-refractivity contribution is 6.32. The van der Waals surface area contributed by atoms with E-state index in [2.05, 4.69) is 10.6 Å². The van der Waals surface area contributed by atoms with Crippen molar-refractivity contribution in [2.75, 3.05) is 24.4 Å². The number of nitrogens with one attached hydrogen (secondary N) is 2. The van der Waals surface area contributed by atoms with E-state index in [4.69, 9.17) is 32.7 Å². The lowest BCUT2D eigenvalue weighted by Gasteiger charge is -2.10. The monoisotopic (exact) mass is 444 g/mol. The van der Waals surface area contributed by atoms with Crippen molar-refractivity contribution in [3.8, 4) is 11.5 Å². The first kappa shape index (κ1) is 21.5. The summed E-state index contributed by atoms with van der Waals surface area (Å²) in [6, 6.07) is 18.2. The van der Waals surface area contributed by atoms with Gasteiger partial charge in [-0.3, -0.25) is 9.59 Å². The molecule has 30 heavy (non-hydrogen) atoms. The van der Waals surface area contributed by atoms with Crippen molar-refractivity contribution in [3.05, 3.63) is 82.3 Å². The molecule has 2 amide bonds. The number of benzene rings is 3. The molecular weight excluding hydrogens is 427 g/mol. The summed E-state index contributed by atoms with van der Waals surface area (Å²) >= 11 is 12.0. The first-order valence-electron chi connectivity index (χ1n) is 8.88. The van der Waals surface area contributed by atoms with Crippen LogP contribution in [-0.4, -0.2) is 25.5 Å². The molecule has 3 rings (SSSR count). The molecular formula is C22H18Cl2N2O4. The van der Waals surface area contributed by atoms with Crippen LogP contribution in [0, 0.1) is 0 Å². The van der Waals surface area contributed by atoms with Crippen molar-refractivity contribution in [2.45, 2.75) is 0 Å². The number of amides is 2. The van der Waals surface area contributed by atoms with Crippen LogP contribution >= 0.6 is 23.2 Å². The number of anilines is 2. The van der Waals surface area contributed by atoms with Gasteiger partial charge in [-0.25, -0.2) is 0 Å².